The number of anilines is 1. The average Bonchev–Trinajstić information content (AvgIpc) is 3.14. The largest absolute Gasteiger partial charge is 0.492 e. The highest BCUT2D eigenvalue weighted by molar-refractivity contribution is 5.87. The van der Waals surface area contributed by atoms with Crippen molar-refractivity contribution in [3.8, 4) is 5.75 Å². The van der Waals surface area contributed by atoms with Gasteiger partial charge < -0.3 is 19.9 Å². The molecule has 1 fully saturated rings. The quantitative estimate of drug-likeness (QED) is 0.752. The Bertz CT molecular complexity index is 702. The van der Waals surface area contributed by atoms with E-state index in [1.54, 1.807) is 18.5 Å². The fraction of sp³-hybridized carbons (Fsp3) is 0.353. The summed E-state index contributed by atoms with van der Waals surface area (Å²) in [6.45, 7) is 2.43. The van der Waals surface area contributed by atoms with Gasteiger partial charge in [0.2, 0.25) is 0 Å². The molecule has 126 valence electrons. The Hall–Kier alpha value is -2.67. The van der Waals surface area contributed by atoms with Crippen molar-refractivity contribution in [3.05, 3.63) is 47.9 Å². The molecule has 0 radical (unpaired) electrons. The molecule has 1 saturated heterocycles. The predicted octanol–water partition coefficient (Wildman–Crippen LogP) is 2.17. The number of nitrogens with zero attached hydrogens (tertiary/aromatic N) is 2. The summed E-state index contributed by atoms with van der Waals surface area (Å²) in [5.74, 6) is 0.643. The molecule has 1 aromatic carbocycles. The lowest BCUT2D eigenvalue weighted by molar-refractivity contribution is 0.0696. The molecular formula is C17H19N3O4. The van der Waals surface area contributed by atoms with Crippen molar-refractivity contribution >= 4 is 11.8 Å². The van der Waals surface area contributed by atoms with Crippen molar-refractivity contribution in [2.45, 2.75) is 12.3 Å². The molecule has 1 atom stereocenters. The number of carboxylic acid groups (broad SMARTS) is 1. The summed E-state index contributed by atoms with van der Waals surface area (Å²) in [7, 11) is 0. The minimum Gasteiger partial charge on any atom is -0.492 e. The van der Waals surface area contributed by atoms with Crippen LogP contribution in [-0.2, 0) is 4.74 Å². The van der Waals surface area contributed by atoms with Crippen LogP contribution in [0.3, 0.4) is 0 Å². The number of aromatic nitrogens is 2. The summed E-state index contributed by atoms with van der Waals surface area (Å²) in [6.07, 6.45) is 2.53. The Morgan fingerprint density at radius 3 is 3.08 bits per heavy atom. The minimum absolute atomic E-state index is 0.208. The molecule has 1 aliphatic rings. The maximum absolute atomic E-state index is 10.9. The smallest absolute Gasteiger partial charge is 0.335 e. The summed E-state index contributed by atoms with van der Waals surface area (Å²) < 4.78 is 10.9. The van der Waals surface area contributed by atoms with Crippen molar-refractivity contribution in [1.82, 2.24) is 9.97 Å². The van der Waals surface area contributed by atoms with E-state index in [0.29, 0.717) is 31.4 Å². The molecule has 0 saturated carbocycles. The number of aromatic carboxylic acids is 1. The number of hydrogen-bond donors (Lipinski definition) is 2. The second-order valence-corrected chi connectivity index (χ2v) is 5.50. The first-order chi connectivity index (χ1) is 11.7. The van der Waals surface area contributed by atoms with Gasteiger partial charge in [-0.25, -0.2) is 14.8 Å². The third kappa shape index (κ3) is 4.20. The molecule has 3 rings (SSSR count). The molecule has 0 amide bonds. The summed E-state index contributed by atoms with van der Waals surface area (Å²) in [6, 6.07) is 8.36. The third-order valence-corrected chi connectivity index (χ3v) is 3.79. The first-order valence-corrected chi connectivity index (χ1v) is 7.82. The highest BCUT2D eigenvalue weighted by atomic mass is 16.5. The number of nitrogens with one attached hydrogen (secondary N) is 1. The zero-order valence-electron chi connectivity index (χ0n) is 13.1. The normalized spacial score (nSPS) is 16.8. The minimum atomic E-state index is -0.969. The van der Waals surface area contributed by atoms with Crippen LogP contribution in [0.15, 0.2) is 36.7 Å². The number of rotatable bonds is 7. The van der Waals surface area contributed by atoms with Gasteiger partial charge in [0.1, 0.15) is 24.5 Å². The van der Waals surface area contributed by atoms with Crippen LogP contribution < -0.4 is 10.1 Å². The van der Waals surface area contributed by atoms with Gasteiger partial charge in [0.25, 0.3) is 0 Å². The van der Waals surface area contributed by atoms with Crippen LogP contribution in [0.1, 0.15) is 28.4 Å². The van der Waals surface area contributed by atoms with E-state index in [-0.39, 0.29) is 5.56 Å². The molecule has 1 aliphatic heterocycles. The first-order valence-electron chi connectivity index (χ1n) is 7.82. The number of carbonyl (C=O) groups is 1. The van der Waals surface area contributed by atoms with Crippen LogP contribution in [0.5, 0.6) is 5.75 Å². The van der Waals surface area contributed by atoms with Crippen LogP contribution in [0.4, 0.5) is 5.82 Å². The molecule has 7 nitrogen and oxygen atoms in total. The molecule has 24 heavy (non-hydrogen) atoms. The van der Waals surface area contributed by atoms with Gasteiger partial charge in [-0.1, -0.05) is 6.07 Å². The van der Waals surface area contributed by atoms with Crippen molar-refractivity contribution in [2.75, 3.05) is 31.7 Å². The zero-order valence-corrected chi connectivity index (χ0v) is 13.1. The lowest BCUT2D eigenvalue weighted by Gasteiger charge is -2.11. The topological polar surface area (TPSA) is 93.6 Å². The fourth-order valence-corrected chi connectivity index (χ4v) is 2.53. The lowest BCUT2D eigenvalue weighted by Crippen LogP contribution is -2.13. The predicted molar refractivity (Wildman–Crippen MR) is 87.6 cm³/mol. The van der Waals surface area contributed by atoms with Crippen molar-refractivity contribution in [3.63, 3.8) is 0 Å². The molecule has 1 aromatic heterocycles. The lowest BCUT2D eigenvalue weighted by atomic mass is 10.1. The Labute approximate surface area is 139 Å². The number of ether oxygens (including phenoxy) is 2. The van der Waals surface area contributed by atoms with Crippen LogP contribution >= 0.6 is 0 Å². The second kappa shape index (κ2) is 7.74. The van der Waals surface area contributed by atoms with E-state index in [0.717, 1.165) is 24.5 Å². The van der Waals surface area contributed by atoms with E-state index >= 15 is 0 Å². The molecule has 7 heteroatoms. The molecular weight excluding hydrogens is 310 g/mol. The number of carboxylic acids is 1. The Balaban J connectivity index is 1.49. The van der Waals surface area contributed by atoms with Gasteiger partial charge in [-0.2, -0.15) is 0 Å². The molecule has 0 aliphatic carbocycles. The SMILES string of the molecule is O=C(O)c1cccc(OCCNc2cc(C3CCOC3)ncn2)c1. The van der Waals surface area contributed by atoms with E-state index in [4.69, 9.17) is 14.6 Å². The van der Waals surface area contributed by atoms with Gasteiger partial charge in [-0.15, -0.1) is 0 Å². The van der Waals surface area contributed by atoms with Gasteiger partial charge in [0.05, 0.1) is 24.4 Å². The van der Waals surface area contributed by atoms with Crippen molar-refractivity contribution in [1.29, 1.82) is 0 Å². The summed E-state index contributed by atoms with van der Waals surface area (Å²) in [5, 5.41) is 12.1. The van der Waals surface area contributed by atoms with Crippen molar-refractivity contribution in [2.24, 2.45) is 0 Å². The summed E-state index contributed by atoms with van der Waals surface area (Å²) in [5.41, 5.74) is 1.19. The van der Waals surface area contributed by atoms with Gasteiger partial charge in [0, 0.05) is 18.6 Å². The van der Waals surface area contributed by atoms with E-state index in [9.17, 15) is 4.79 Å². The first kappa shape index (κ1) is 16.2. The van der Waals surface area contributed by atoms with E-state index < -0.39 is 5.97 Å². The zero-order chi connectivity index (χ0) is 16.8. The summed E-state index contributed by atoms with van der Waals surface area (Å²) in [4.78, 5) is 19.4. The van der Waals surface area contributed by atoms with E-state index in [2.05, 4.69) is 15.3 Å². The van der Waals surface area contributed by atoms with Crippen LogP contribution in [0, 0.1) is 0 Å². The number of hydrogen-bond acceptors (Lipinski definition) is 6. The third-order valence-electron chi connectivity index (χ3n) is 3.79. The number of benzene rings is 1. The average molecular weight is 329 g/mol. The van der Waals surface area contributed by atoms with Gasteiger partial charge in [-0.3, -0.25) is 0 Å². The standard InChI is InChI=1S/C17H19N3O4/c21-17(22)12-2-1-3-14(8-12)24-7-5-18-16-9-15(19-11-20-16)13-4-6-23-10-13/h1-3,8-9,11,13H,4-7,10H2,(H,21,22)(H,18,19,20). The van der Waals surface area contributed by atoms with Gasteiger partial charge in [0.15, 0.2) is 0 Å². The molecule has 2 heterocycles. The Kier molecular flexibility index (Phi) is 5.22. The summed E-state index contributed by atoms with van der Waals surface area (Å²) >= 11 is 0. The Morgan fingerprint density at radius 1 is 1.38 bits per heavy atom. The van der Waals surface area contributed by atoms with Crippen LogP contribution in [-0.4, -0.2) is 47.4 Å². The molecule has 0 bridgehead atoms. The van der Waals surface area contributed by atoms with Crippen LogP contribution in [0.2, 0.25) is 0 Å². The highest BCUT2D eigenvalue weighted by Crippen LogP contribution is 2.24. The molecule has 0 spiro atoms. The maximum atomic E-state index is 10.9. The van der Waals surface area contributed by atoms with E-state index in [1.165, 1.54) is 12.1 Å². The van der Waals surface area contributed by atoms with Crippen molar-refractivity contribution < 1.29 is 19.4 Å². The van der Waals surface area contributed by atoms with Gasteiger partial charge >= 0.3 is 5.97 Å². The monoisotopic (exact) mass is 329 g/mol. The van der Waals surface area contributed by atoms with Gasteiger partial charge in [-0.05, 0) is 24.6 Å². The Morgan fingerprint density at radius 2 is 2.29 bits per heavy atom. The molecule has 1 unspecified atom stereocenters. The molecule has 2 aromatic rings. The fourth-order valence-electron chi connectivity index (χ4n) is 2.53. The highest BCUT2D eigenvalue weighted by Gasteiger charge is 2.19. The van der Waals surface area contributed by atoms with Crippen LogP contribution in [0.25, 0.3) is 0 Å². The molecule has 2 N–H and O–H groups in total. The maximum Gasteiger partial charge on any atom is 0.335 e. The second-order valence-electron chi connectivity index (χ2n) is 5.50. The van der Waals surface area contributed by atoms with E-state index in [1.807, 2.05) is 6.07 Å².